The van der Waals surface area contributed by atoms with Crippen molar-refractivity contribution >= 4 is 21.8 Å². The summed E-state index contributed by atoms with van der Waals surface area (Å²) in [6.45, 7) is -0.145. The van der Waals surface area contributed by atoms with Crippen LogP contribution in [-0.4, -0.2) is 33.8 Å². The highest BCUT2D eigenvalue weighted by Crippen LogP contribution is 2.10. The molecule has 0 aliphatic carbocycles. The van der Waals surface area contributed by atoms with Gasteiger partial charge in [0.25, 0.3) is 5.91 Å². The van der Waals surface area contributed by atoms with E-state index in [-0.39, 0.29) is 23.5 Å². The van der Waals surface area contributed by atoms with Gasteiger partial charge in [0, 0.05) is 6.54 Å². The minimum absolute atomic E-state index is 0.118. The van der Waals surface area contributed by atoms with Gasteiger partial charge >= 0.3 is 0 Å². The van der Waals surface area contributed by atoms with Crippen LogP contribution in [0.1, 0.15) is 15.9 Å². The molecule has 7 nitrogen and oxygen atoms in total. The molecule has 138 valence electrons. The van der Waals surface area contributed by atoms with Gasteiger partial charge in [-0.3, -0.25) is 9.59 Å². The molecule has 9 heteroatoms. The molecule has 2 rings (SSSR count). The van der Waals surface area contributed by atoms with Gasteiger partial charge in [-0.25, -0.2) is 17.5 Å². The maximum absolute atomic E-state index is 13.5. The third kappa shape index (κ3) is 5.11. The summed E-state index contributed by atoms with van der Waals surface area (Å²) in [5.74, 6) is -1.80. The second-order valence-corrected chi connectivity index (χ2v) is 7.18. The van der Waals surface area contributed by atoms with E-state index in [4.69, 9.17) is 0 Å². The molecule has 0 saturated heterocycles. The Morgan fingerprint density at radius 3 is 2.27 bits per heavy atom. The van der Waals surface area contributed by atoms with Crippen molar-refractivity contribution in [1.82, 2.24) is 15.4 Å². The largest absolute Gasteiger partial charge is 0.350 e. The first-order valence-corrected chi connectivity index (χ1v) is 9.13. The summed E-state index contributed by atoms with van der Waals surface area (Å²) in [5, 5.41) is 4.91. The van der Waals surface area contributed by atoms with E-state index in [1.807, 2.05) is 0 Å². The first kappa shape index (κ1) is 19.5. The molecule has 0 aliphatic heterocycles. The van der Waals surface area contributed by atoms with E-state index in [9.17, 15) is 22.4 Å². The summed E-state index contributed by atoms with van der Waals surface area (Å²) in [5.41, 5.74) is 0.551. The molecule has 0 heterocycles. The second kappa shape index (κ2) is 8.54. The van der Waals surface area contributed by atoms with E-state index >= 15 is 0 Å². The smallest absolute Gasteiger partial charge is 0.254 e. The number of carbonyl (C=O) groups excluding carboxylic acids is 2. The highest BCUT2D eigenvalue weighted by Gasteiger charge is 2.12. The number of sulfonamides is 1. The van der Waals surface area contributed by atoms with Gasteiger partial charge in [-0.1, -0.05) is 24.3 Å². The summed E-state index contributed by atoms with van der Waals surface area (Å²) >= 11 is 0. The second-order valence-electron chi connectivity index (χ2n) is 5.29. The van der Waals surface area contributed by atoms with Gasteiger partial charge in [0.05, 0.1) is 17.0 Å². The topological polar surface area (TPSA) is 104 Å². The fourth-order valence-corrected chi connectivity index (χ4v) is 2.80. The van der Waals surface area contributed by atoms with E-state index in [0.29, 0.717) is 5.56 Å². The summed E-state index contributed by atoms with van der Waals surface area (Å²) in [6.07, 6.45) is 0. The molecule has 0 bridgehead atoms. The quantitative estimate of drug-likeness (QED) is 0.661. The molecule has 0 radical (unpaired) electrons. The Kier molecular flexibility index (Phi) is 6.42. The predicted molar refractivity (Wildman–Crippen MR) is 93.3 cm³/mol. The molecule has 2 aromatic carbocycles. The van der Waals surface area contributed by atoms with Crippen molar-refractivity contribution in [2.75, 3.05) is 13.6 Å². The normalized spacial score (nSPS) is 11.0. The number of halogens is 1. The van der Waals surface area contributed by atoms with Gasteiger partial charge in [-0.15, -0.1) is 0 Å². The molecule has 0 spiro atoms. The molecule has 0 aliphatic rings. The van der Waals surface area contributed by atoms with Crippen molar-refractivity contribution in [2.24, 2.45) is 0 Å². The van der Waals surface area contributed by atoms with Crippen molar-refractivity contribution in [3.8, 4) is 0 Å². The third-order valence-corrected chi connectivity index (χ3v) is 4.95. The molecule has 2 amide bonds. The number of amides is 2. The Hall–Kier alpha value is -2.78. The molecule has 0 unspecified atom stereocenters. The zero-order valence-electron chi connectivity index (χ0n) is 14.0. The van der Waals surface area contributed by atoms with E-state index in [0.717, 1.165) is 6.07 Å². The molecule has 3 N–H and O–H groups in total. The van der Waals surface area contributed by atoms with Gasteiger partial charge in [-0.2, -0.15) is 0 Å². The zero-order valence-corrected chi connectivity index (χ0v) is 14.8. The van der Waals surface area contributed by atoms with E-state index in [2.05, 4.69) is 15.4 Å². The summed E-state index contributed by atoms with van der Waals surface area (Å²) < 4.78 is 38.9. The summed E-state index contributed by atoms with van der Waals surface area (Å²) in [7, 11) is -2.19. The highest BCUT2D eigenvalue weighted by atomic mass is 32.2. The molecule has 0 saturated carbocycles. The molecular formula is C17H18FN3O4S. The molecule has 0 fully saturated rings. The minimum atomic E-state index is -3.51. The van der Waals surface area contributed by atoms with Gasteiger partial charge in [0.1, 0.15) is 5.82 Å². The van der Waals surface area contributed by atoms with Crippen LogP contribution in [0.4, 0.5) is 4.39 Å². The van der Waals surface area contributed by atoms with Crippen molar-refractivity contribution in [2.45, 2.75) is 11.4 Å². The SMILES string of the molecule is CNS(=O)(=O)c1ccc(CNC(=O)CNC(=O)c2ccccc2F)cc1. The predicted octanol–water partition coefficient (Wildman–Crippen LogP) is 0.780. The molecule has 26 heavy (non-hydrogen) atoms. The number of benzene rings is 2. The van der Waals surface area contributed by atoms with Crippen LogP contribution in [-0.2, 0) is 21.4 Å². The zero-order chi connectivity index (χ0) is 19.2. The first-order valence-electron chi connectivity index (χ1n) is 7.65. The van der Waals surface area contributed by atoms with E-state index in [1.54, 1.807) is 12.1 Å². The number of rotatable bonds is 7. The number of nitrogens with one attached hydrogen (secondary N) is 3. The Labute approximate surface area is 150 Å². The Bertz CT molecular complexity index is 898. The number of hydrogen-bond donors (Lipinski definition) is 3. The monoisotopic (exact) mass is 379 g/mol. The third-order valence-electron chi connectivity index (χ3n) is 3.52. The fraction of sp³-hybridized carbons (Fsp3) is 0.176. The highest BCUT2D eigenvalue weighted by molar-refractivity contribution is 7.89. The van der Waals surface area contributed by atoms with Crippen LogP contribution in [0.2, 0.25) is 0 Å². The van der Waals surface area contributed by atoms with Crippen LogP contribution < -0.4 is 15.4 Å². The maximum Gasteiger partial charge on any atom is 0.254 e. The maximum atomic E-state index is 13.5. The lowest BCUT2D eigenvalue weighted by Crippen LogP contribution is -2.36. The van der Waals surface area contributed by atoms with Crippen molar-refractivity contribution in [3.05, 3.63) is 65.5 Å². The van der Waals surface area contributed by atoms with E-state index in [1.165, 1.54) is 37.4 Å². The lowest BCUT2D eigenvalue weighted by molar-refractivity contribution is -0.120. The van der Waals surface area contributed by atoms with Gasteiger partial charge in [-0.05, 0) is 36.9 Å². The molecular weight excluding hydrogens is 361 g/mol. The lowest BCUT2D eigenvalue weighted by Gasteiger charge is -2.08. The van der Waals surface area contributed by atoms with Crippen molar-refractivity contribution < 1.29 is 22.4 Å². The number of hydrogen-bond acceptors (Lipinski definition) is 4. The average molecular weight is 379 g/mol. The fourth-order valence-electron chi connectivity index (χ4n) is 2.07. The lowest BCUT2D eigenvalue weighted by atomic mass is 10.2. The average Bonchev–Trinajstić information content (AvgIpc) is 2.65. The first-order chi connectivity index (χ1) is 12.3. The summed E-state index contributed by atoms with van der Waals surface area (Å²) in [4.78, 5) is 23.7. The van der Waals surface area contributed by atoms with Crippen LogP contribution in [0.5, 0.6) is 0 Å². The van der Waals surface area contributed by atoms with Crippen LogP contribution in [0.3, 0.4) is 0 Å². The Morgan fingerprint density at radius 2 is 1.65 bits per heavy atom. The van der Waals surface area contributed by atoms with Gasteiger partial charge in [0.15, 0.2) is 0 Å². The molecule has 0 atom stereocenters. The van der Waals surface area contributed by atoms with Crippen LogP contribution >= 0.6 is 0 Å². The van der Waals surface area contributed by atoms with Crippen LogP contribution in [0.15, 0.2) is 53.4 Å². The van der Waals surface area contributed by atoms with Crippen molar-refractivity contribution in [3.63, 3.8) is 0 Å². The van der Waals surface area contributed by atoms with Crippen LogP contribution in [0, 0.1) is 5.82 Å². The molecule has 0 aromatic heterocycles. The minimum Gasteiger partial charge on any atom is -0.350 e. The van der Waals surface area contributed by atoms with Gasteiger partial charge < -0.3 is 10.6 Å². The van der Waals surface area contributed by atoms with Gasteiger partial charge in [0.2, 0.25) is 15.9 Å². The Balaban J connectivity index is 1.84. The Morgan fingerprint density at radius 1 is 1.00 bits per heavy atom. The summed E-state index contributed by atoms with van der Waals surface area (Å²) in [6, 6.07) is 11.5. The van der Waals surface area contributed by atoms with Crippen LogP contribution in [0.25, 0.3) is 0 Å². The standard InChI is InChI=1S/C17H18FN3O4S/c1-19-26(24,25)13-8-6-12(7-9-13)10-20-16(22)11-21-17(23)14-4-2-3-5-15(14)18/h2-9,19H,10-11H2,1H3,(H,20,22)(H,21,23). The van der Waals surface area contributed by atoms with E-state index < -0.39 is 27.7 Å². The molecule has 2 aromatic rings. The number of carbonyl (C=O) groups is 2. The van der Waals surface area contributed by atoms with Crippen molar-refractivity contribution in [1.29, 1.82) is 0 Å².